The number of halogens is 1. The highest BCUT2D eigenvalue weighted by Crippen LogP contribution is 2.38. The number of hydrogen-bond acceptors (Lipinski definition) is 4. The van der Waals surface area contributed by atoms with Crippen LogP contribution in [0.3, 0.4) is 0 Å². The van der Waals surface area contributed by atoms with E-state index in [-0.39, 0.29) is 29.7 Å². The summed E-state index contributed by atoms with van der Waals surface area (Å²) < 4.78 is 24.9. The Morgan fingerprint density at radius 3 is 2.50 bits per heavy atom. The maximum atomic E-state index is 12.8. The Bertz CT molecular complexity index is 774. The molecule has 2 N–H and O–H groups in total. The van der Waals surface area contributed by atoms with E-state index in [0.717, 1.165) is 43.2 Å². The monoisotopic (exact) mass is 521 g/mol. The first-order valence-corrected chi connectivity index (χ1v) is 11.4. The van der Waals surface area contributed by atoms with Gasteiger partial charge in [0.25, 0.3) is 0 Å². The fourth-order valence-electron chi connectivity index (χ4n) is 4.24. The average molecular weight is 521 g/mol. The first-order valence-electron chi connectivity index (χ1n) is 9.79. The zero-order valence-corrected chi connectivity index (χ0v) is 19.9. The Kier molecular flexibility index (Phi) is 8.16. The summed E-state index contributed by atoms with van der Waals surface area (Å²) in [5.41, 5.74) is 2.01. The Balaban J connectivity index is 0.00000280. The number of sulfone groups is 1. The van der Waals surface area contributed by atoms with Gasteiger partial charge in [-0.15, -0.1) is 24.0 Å². The van der Waals surface area contributed by atoms with Gasteiger partial charge in [-0.25, -0.2) is 8.42 Å². The molecular formula is C20H32IN3O3S. The molecule has 6 nitrogen and oxygen atoms in total. The van der Waals surface area contributed by atoms with E-state index >= 15 is 0 Å². The molecule has 1 aliphatic carbocycles. The average Bonchev–Trinajstić information content (AvgIpc) is 2.66. The van der Waals surface area contributed by atoms with Gasteiger partial charge in [0.1, 0.15) is 0 Å². The third kappa shape index (κ3) is 4.99. The number of aliphatic hydroxyl groups is 1. The second-order valence-electron chi connectivity index (χ2n) is 7.84. The van der Waals surface area contributed by atoms with Gasteiger partial charge < -0.3 is 15.3 Å². The SMILES string of the molecule is CN=C(NCC(O)c1ccc(C)cc1)N1CCS(=O)(=O)C2(CCCCC2)C1.I. The lowest BCUT2D eigenvalue weighted by molar-refractivity contribution is 0.178. The van der Waals surface area contributed by atoms with Crippen LogP contribution in [0.25, 0.3) is 0 Å². The number of rotatable bonds is 3. The Morgan fingerprint density at radius 1 is 1.25 bits per heavy atom. The fraction of sp³-hybridized carbons (Fsp3) is 0.650. The number of aliphatic imine (C=N–C) groups is 1. The minimum absolute atomic E-state index is 0. The molecule has 1 heterocycles. The van der Waals surface area contributed by atoms with Crippen molar-refractivity contribution in [1.29, 1.82) is 0 Å². The first kappa shape index (κ1) is 23.4. The highest BCUT2D eigenvalue weighted by atomic mass is 127. The summed E-state index contributed by atoms with van der Waals surface area (Å²) in [6.45, 7) is 3.30. The van der Waals surface area contributed by atoms with Crippen LogP contribution < -0.4 is 5.32 Å². The molecular weight excluding hydrogens is 489 g/mol. The van der Waals surface area contributed by atoms with Gasteiger partial charge in [0.15, 0.2) is 15.8 Å². The number of aliphatic hydroxyl groups excluding tert-OH is 1. The van der Waals surface area contributed by atoms with Crippen LogP contribution in [0.4, 0.5) is 0 Å². The van der Waals surface area contributed by atoms with Gasteiger partial charge in [0.2, 0.25) is 0 Å². The van der Waals surface area contributed by atoms with Crippen LogP contribution in [0.2, 0.25) is 0 Å². The number of benzene rings is 1. The number of nitrogens with zero attached hydrogens (tertiary/aromatic N) is 2. The van der Waals surface area contributed by atoms with E-state index in [9.17, 15) is 13.5 Å². The number of guanidine groups is 1. The molecule has 28 heavy (non-hydrogen) atoms. The van der Waals surface area contributed by atoms with E-state index in [1.54, 1.807) is 7.05 Å². The van der Waals surface area contributed by atoms with E-state index in [1.165, 1.54) is 0 Å². The van der Waals surface area contributed by atoms with Crippen LogP contribution in [0.15, 0.2) is 29.3 Å². The molecule has 8 heteroatoms. The van der Waals surface area contributed by atoms with E-state index in [4.69, 9.17) is 0 Å². The molecule has 1 aromatic rings. The molecule has 2 aliphatic rings. The summed E-state index contributed by atoms with van der Waals surface area (Å²) in [4.78, 5) is 6.39. The third-order valence-corrected chi connectivity index (χ3v) is 8.54. The lowest BCUT2D eigenvalue weighted by atomic mass is 9.87. The second-order valence-corrected chi connectivity index (χ2v) is 10.3. The van der Waals surface area contributed by atoms with Crippen LogP contribution in [0, 0.1) is 6.92 Å². The largest absolute Gasteiger partial charge is 0.387 e. The number of nitrogens with one attached hydrogen (secondary N) is 1. The predicted octanol–water partition coefficient (Wildman–Crippen LogP) is 2.66. The molecule has 0 bridgehead atoms. The maximum absolute atomic E-state index is 12.8. The van der Waals surface area contributed by atoms with E-state index < -0.39 is 20.7 Å². The van der Waals surface area contributed by atoms with Gasteiger partial charge >= 0.3 is 0 Å². The van der Waals surface area contributed by atoms with Gasteiger partial charge in [-0.3, -0.25) is 4.99 Å². The van der Waals surface area contributed by atoms with Crippen LogP contribution in [-0.4, -0.2) is 61.6 Å². The van der Waals surface area contributed by atoms with Gasteiger partial charge in [-0.1, -0.05) is 49.1 Å². The van der Waals surface area contributed by atoms with Crippen molar-refractivity contribution in [1.82, 2.24) is 10.2 Å². The quantitative estimate of drug-likeness (QED) is 0.363. The van der Waals surface area contributed by atoms with Crippen molar-refractivity contribution in [3.63, 3.8) is 0 Å². The van der Waals surface area contributed by atoms with Crippen molar-refractivity contribution in [2.45, 2.75) is 49.9 Å². The van der Waals surface area contributed by atoms with Gasteiger partial charge in [0.05, 0.1) is 16.6 Å². The van der Waals surface area contributed by atoms with E-state index in [0.29, 0.717) is 25.6 Å². The minimum Gasteiger partial charge on any atom is -0.387 e. The van der Waals surface area contributed by atoms with Crippen LogP contribution >= 0.6 is 24.0 Å². The minimum atomic E-state index is -3.07. The van der Waals surface area contributed by atoms with Crippen molar-refractivity contribution in [2.75, 3.05) is 32.4 Å². The van der Waals surface area contributed by atoms with Gasteiger partial charge in [-0.2, -0.15) is 0 Å². The molecule has 1 saturated heterocycles. The van der Waals surface area contributed by atoms with Crippen molar-refractivity contribution < 1.29 is 13.5 Å². The molecule has 2 fully saturated rings. The van der Waals surface area contributed by atoms with Crippen molar-refractivity contribution in [3.05, 3.63) is 35.4 Å². The Morgan fingerprint density at radius 2 is 1.89 bits per heavy atom. The lowest BCUT2D eigenvalue weighted by Crippen LogP contribution is -2.60. The molecule has 0 aromatic heterocycles. The molecule has 1 unspecified atom stereocenters. The van der Waals surface area contributed by atoms with Crippen LogP contribution in [-0.2, 0) is 9.84 Å². The van der Waals surface area contributed by atoms with Crippen molar-refractivity contribution >= 4 is 39.8 Å². The lowest BCUT2D eigenvalue weighted by Gasteiger charge is -2.45. The molecule has 3 rings (SSSR count). The molecule has 158 valence electrons. The van der Waals surface area contributed by atoms with Crippen molar-refractivity contribution in [2.24, 2.45) is 4.99 Å². The molecule has 0 radical (unpaired) electrons. The summed E-state index contributed by atoms with van der Waals surface area (Å²) in [6.07, 6.45) is 3.92. The standard InChI is InChI=1S/C20H31N3O3S.HI/c1-16-6-8-17(9-7-16)18(24)14-22-19(21-2)23-12-13-27(25,26)20(15-23)10-4-3-5-11-20;/h6-9,18,24H,3-5,10-15H2,1-2H3,(H,21,22);1H. The van der Waals surface area contributed by atoms with Crippen LogP contribution in [0.1, 0.15) is 49.3 Å². The molecule has 0 amide bonds. The second kappa shape index (κ2) is 9.75. The zero-order chi connectivity index (χ0) is 19.5. The topological polar surface area (TPSA) is 82.0 Å². The van der Waals surface area contributed by atoms with Gasteiger partial charge in [0, 0.05) is 26.7 Å². The molecule has 1 spiro atoms. The zero-order valence-electron chi connectivity index (χ0n) is 16.7. The normalized spacial score (nSPS) is 22.4. The van der Waals surface area contributed by atoms with E-state index in [2.05, 4.69) is 10.3 Å². The third-order valence-electron chi connectivity index (χ3n) is 5.96. The summed E-state index contributed by atoms with van der Waals surface area (Å²) in [5, 5.41) is 13.7. The Hall–Kier alpha value is -0.870. The smallest absolute Gasteiger partial charge is 0.193 e. The Labute approximate surface area is 185 Å². The highest BCUT2D eigenvalue weighted by Gasteiger charge is 2.48. The number of aryl methyl sites for hydroxylation is 1. The summed E-state index contributed by atoms with van der Waals surface area (Å²) >= 11 is 0. The summed E-state index contributed by atoms with van der Waals surface area (Å²) in [7, 11) is -1.37. The maximum Gasteiger partial charge on any atom is 0.193 e. The van der Waals surface area contributed by atoms with Crippen LogP contribution in [0.5, 0.6) is 0 Å². The highest BCUT2D eigenvalue weighted by molar-refractivity contribution is 14.0. The molecule has 1 atom stereocenters. The fourth-order valence-corrected chi connectivity index (χ4v) is 6.40. The predicted molar refractivity (Wildman–Crippen MR) is 124 cm³/mol. The summed E-state index contributed by atoms with van der Waals surface area (Å²) in [5.74, 6) is 0.842. The van der Waals surface area contributed by atoms with E-state index in [1.807, 2.05) is 36.1 Å². The molecule has 1 aliphatic heterocycles. The molecule has 1 saturated carbocycles. The van der Waals surface area contributed by atoms with Gasteiger partial charge in [-0.05, 0) is 25.3 Å². The summed E-state index contributed by atoms with van der Waals surface area (Å²) in [6, 6.07) is 7.81. The number of hydrogen-bond donors (Lipinski definition) is 2. The van der Waals surface area contributed by atoms with Crippen molar-refractivity contribution in [3.8, 4) is 0 Å². The first-order chi connectivity index (χ1) is 12.9. The molecule has 1 aromatic carbocycles.